The molecule has 1 unspecified atom stereocenters. The normalized spacial score (nSPS) is 24.0. The lowest BCUT2D eigenvalue weighted by Gasteiger charge is -2.37. The van der Waals surface area contributed by atoms with Crippen molar-refractivity contribution in [3.63, 3.8) is 0 Å². The number of hydrogen-bond acceptors (Lipinski definition) is 1. The molecule has 3 rings (SSSR count). The highest BCUT2D eigenvalue weighted by atomic mass is 35.5. The SMILES string of the molecule is Clc1ccc(CCN2CCCCC2CCC2CCCCC2)cc1. The van der Waals surface area contributed by atoms with Crippen molar-refractivity contribution in [3.05, 3.63) is 34.9 Å². The smallest absolute Gasteiger partial charge is 0.0406 e. The lowest BCUT2D eigenvalue weighted by Crippen LogP contribution is -2.41. The van der Waals surface area contributed by atoms with Crippen LogP contribution in [0.5, 0.6) is 0 Å². The van der Waals surface area contributed by atoms with Gasteiger partial charge in [-0.05, 0) is 62.3 Å². The van der Waals surface area contributed by atoms with Gasteiger partial charge >= 0.3 is 0 Å². The van der Waals surface area contributed by atoms with Crippen molar-refractivity contribution in [1.29, 1.82) is 0 Å². The fourth-order valence-corrected chi connectivity index (χ4v) is 4.63. The lowest BCUT2D eigenvalue weighted by atomic mass is 9.84. The first-order chi connectivity index (χ1) is 11.3. The molecule has 1 heterocycles. The van der Waals surface area contributed by atoms with Gasteiger partial charge < -0.3 is 4.90 Å². The van der Waals surface area contributed by atoms with E-state index >= 15 is 0 Å². The summed E-state index contributed by atoms with van der Waals surface area (Å²) in [6.07, 6.45) is 15.8. The average molecular weight is 334 g/mol. The van der Waals surface area contributed by atoms with E-state index in [-0.39, 0.29) is 0 Å². The number of halogens is 1. The molecular formula is C21H32ClN. The molecule has 0 spiro atoms. The molecule has 23 heavy (non-hydrogen) atoms. The predicted molar refractivity (Wildman–Crippen MR) is 100 cm³/mol. The van der Waals surface area contributed by atoms with Crippen LogP contribution in [0.15, 0.2) is 24.3 Å². The predicted octanol–water partition coefficient (Wildman–Crippen LogP) is 6.10. The molecule has 0 aromatic heterocycles. The minimum atomic E-state index is 0.845. The maximum absolute atomic E-state index is 5.99. The minimum absolute atomic E-state index is 0.845. The Morgan fingerprint density at radius 3 is 2.39 bits per heavy atom. The first kappa shape index (κ1) is 17.3. The van der Waals surface area contributed by atoms with E-state index in [1.165, 1.54) is 82.9 Å². The average Bonchev–Trinajstić information content (AvgIpc) is 2.61. The van der Waals surface area contributed by atoms with Crippen LogP contribution in [0.3, 0.4) is 0 Å². The quantitative estimate of drug-likeness (QED) is 0.608. The standard InChI is InChI=1S/C21H32ClN/c22-20-12-9-19(10-13-20)15-17-23-16-5-4-8-21(23)14-11-18-6-2-1-3-7-18/h9-10,12-13,18,21H,1-8,11,14-17H2. The van der Waals surface area contributed by atoms with Crippen LogP contribution < -0.4 is 0 Å². The Bertz CT molecular complexity index is 449. The van der Waals surface area contributed by atoms with E-state index in [4.69, 9.17) is 11.6 Å². The van der Waals surface area contributed by atoms with Crippen LogP contribution in [0.1, 0.15) is 69.8 Å². The first-order valence-corrected chi connectivity index (χ1v) is 10.2. The van der Waals surface area contributed by atoms with Gasteiger partial charge in [-0.25, -0.2) is 0 Å². The zero-order chi connectivity index (χ0) is 15.9. The van der Waals surface area contributed by atoms with Crippen molar-refractivity contribution in [2.24, 2.45) is 5.92 Å². The first-order valence-electron chi connectivity index (χ1n) is 9.80. The molecule has 0 bridgehead atoms. The second kappa shape index (κ2) is 9.08. The van der Waals surface area contributed by atoms with Crippen LogP contribution in [-0.2, 0) is 6.42 Å². The summed E-state index contributed by atoms with van der Waals surface area (Å²) in [7, 11) is 0. The molecule has 2 aliphatic rings. The third kappa shape index (κ3) is 5.50. The monoisotopic (exact) mass is 333 g/mol. The fourth-order valence-electron chi connectivity index (χ4n) is 4.51. The third-order valence-corrected chi connectivity index (χ3v) is 6.23. The summed E-state index contributed by atoms with van der Waals surface area (Å²) in [4.78, 5) is 2.78. The van der Waals surface area contributed by atoms with Gasteiger partial charge in [-0.3, -0.25) is 0 Å². The van der Waals surface area contributed by atoms with Crippen LogP contribution in [-0.4, -0.2) is 24.0 Å². The van der Waals surface area contributed by atoms with E-state index in [2.05, 4.69) is 17.0 Å². The third-order valence-electron chi connectivity index (χ3n) is 5.98. The molecule has 2 heteroatoms. The summed E-state index contributed by atoms with van der Waals surface area (Å²) in [6.45, 7) is 2.53. The Morgan fingerprint density at radius 1 is 0.870 bits per heavy atom. The van der Waals surface area contributed by atoms with E-state index < -0.39 is 0 Å². The van der Waals surface area contributed by atoms with Gasteiger partial charge in [-0.2, -0.15) is 0 Å². The largest absolute Gasteiger partial charge is 0.300 e. The minimum Gasteiger partial charge on any atom is -0.300 e. The maximum Gasteiger partial charge on any atom is 0.0406 e. The second-order valence-electron chi connectivity index (χ2n) is 7.64. The fraction of sp³-hybridized carbons (Fsp3) is 0.714. The lowest BCUT2D eigenvalue weighted by molar-refractivity contribution is 0.132. The summed E-state index contributed by atoms with van der Waals surface area (Å²) in [5.74, 6) is 1.03. The number of nitrogens with zero attached hydrogens (tertiary/aromatic N) is 1. The van der Waals surface area contributed by atoms with E-state index in [9.17, 15) is 0 Å². The Kier molecular flexibility index (Phi) is 6.83. The Labute approximate surface area is 147 Å². The summed E-state index contributed by atoms with van der Waals surface area (Å²) in [5, 5.41) is 0.845. The summed E-state index contributed by atoms with van der Waals surface area (Å²) in [6, 6.07) is 9.26. The summed E-state index contributed by atoms with van der Waals surface area (Å²) >= 11 is 5.99. The molecule has 1 atom stereocenters. The highest BCUT2D eigenvalue weighted by Gasteiger charge is 2.23. The Balaban J connectivity index is 1.46. The van der Waals surface area contributed by atoms with Gasteiger partial charge in [0.1, 0.15) is 0 Å². The Hall–Kier alpha value is -0.530. The molecule has 0 radical (unpaired) electrons. The van der Waals surface area contributed by atoms with Crippen molar-refractivity contribution in [2.45, 2.75) is 76.7 Å². The van der Waals surface area contributed by atoms with Gasteiger partial charge in [0.05, 0.1) is 0 Å². The van der Waals surface area contributed by atoms with Crippen LogP contribution in [0.4, 0.5) is 0 Å². The van der Waals surface area contributed by atoms with Crippen molar-refractivity contribution in [3.8, 4) is 0 Å². The molecule has 1 saturated carbocycles. The van der Waals surface area contributed by atoms with Crippen molar-refractivity contribution in [1.82, 2.24) is 4.90 Å². The molecule has 1 aromatic carbocycles. The molecular weight excluding hydrogens is 302 g/mol. The number of benzene rings is 1. The van der Waals surface area contributed by atoms with Crippen molar-refractivity contribution < 1.29 is 0 Å². The van der Waals surface area contributed by atoms with Crippen LogP contribution in [0, 0.1) is 5.92 Å². The molecule has 1 aliphatic carbocycles. The molecule has 0 N–H and O–H groups in total. The van der Waals surface area contributed by atoms with Gasteiger partial charge in [-0.1, -0.05) is 62.3 Å². The molecule has 1 aromatic rings. The van der Waals surface area contributed by atoms with Gasteiger partial charge in [-0.15, -0.1) is 0 Å². The van der Waals surface area contributed by atoms with Gasteiger partial charge in [0, 0.05) is 17.6 Å². The molecule has 1 nitrogen and oxygen atoms in total. The topological polar surface area (TPSA) is 3.24 Å². The highest BCUT2D eigenvalue weighted by Crippen LogP contribution is 2.30. The van der Waals surface area contributed by atoms with Crippen LogP contribution in [0.25, 0.3) is 0 Å². The van der Waals surface area contributed by atoms with Crippen molar-refractivity contribution in [2.75, 3.05) is 13.1 Å². The van der Waals surface area contributed by atoms with Gasteiger partial charge in [0.15, 0.2) is 0 Å². The van der Waals surface area contributed by atoms with Crippen molar-refractivity contribution >= 4 is 11.6 Å². The van der Waals surface area contributed by atoms with Crippen LogP contribution >= 0.6 is 11.6 Å². The number of rotatable bonds is 6. The van der Waals surface area contributed by atoms with Gasteiger partial charge in [0.25, 0.3) is 0 Å². The highest BCUT2D eigenvalue weighted by molar-refractivity contribution is 6.30. The number of piperidine rings is 1. The van der Waals surface area contributed by atoms with E-state index in [1.54, 1.807) is 0 Å². The molecule has 128 valence electrons. The maximum atomic E-state index is 5.99. The molecule has 0 amide bonds. The van der Waals surface area contributed by atoms with Crippen LogP contribution in [0.2, 0.25) is 5.02 Å². The summed E-state index contributed by atoms with van der Waals surface area (Å²) in [5.41, 5.74) is 1.42. The zero-order valence-corrected chi connectivity index (χ0v) is 15.2. The number of hydrogen-bond donors (Lipinski definition) is 0. The van der Waals surface area contributed by atoms with E-state index in [0.29, 0.717) is 0 Å². The number of likely N-dealkylation sites (tertiary alicyclic amines) is 1. The molecule has 1 saturated heterocycles. The second-order valence-corrected chi connectivity index (χ2v) is 8.08. The van der Waals surface area contributed by atoms with E-state index in [1.807, 2.05) is 12.1 Å². The van der Waals surface area contributed by atoms with Gasteiger partial charge in [0.2, 0.25) is 0 Å². The molecule has 2 fully saturated rings. The summed E-state index contributed by atoms with van der Waals surface area (Å²) < 4.78 is 0. The Morgan fingerprint density at radius 2 is 1.61 bits per heavy atom. The van der Waals surface area contributed by atoms with E-state index in [0.717, 1.165) is 23.4 Å². The molecule has 1 aliphatic heterocycles. The zero-order valence-electron chi connectivity index (χ0n) is 14.5.